The minimum atomic E-state index is -0.835. The van der Waals surface area contributed by atoms with Crippen molar-refractivity contribution in [2.24, 2.45) is 5.11 Å². The third-order valence-corrected chi connectivity index (χ3v) is 5.22. The number of carbonyl (C=O) groups excluding carboxylic acids is 2. The van der Waals surface area contributed by atoms with Crippen molar-refractivity contribution in [1.29, 1.82) is 5.26 Å². The van der Waals surface area contributed by atoms with Crippen LogP contribution in [0.5, 0.6) is 0 Å². The molecule has 0 spiro atoms. The van der Waals surface area contributed by atoms with Crippen LogP contribution >= 0.6 is 0 Å². The molecule has 13 heteroatoms. The van der Waals surface area contributed by atoms with Gasteiger partial charge >= 0.3 is 11.9 Å². The molecule has 2 rings (SSSR count). The number of azide groups is 1. The lowest BCUT2D eigenvalue weighted by molar-refractivity contribution is -0.384. The Labute approximate surface area is 220 Å². The number of hydrogen-bond acceptors (Lipinski definition) is 10. The number of nitrogens with zero attached hydrogens (tertiary/aromatic N) is 6. The van der Waals surface area contributed by atoms with E-state index in [0.717, 1.165) is 0 Å². The molecule has 0 saturated carbocycles. The van der Waals surface area contributed by atoms with E-state index in [0.29, 0.717) is 23.5 Å². The minimum absolute atomic E-state index is 0.00553. The number of allylic oxidation sites excluding steroid dienone is 1. The van der Waals surface area contributed by atoms with Crippen LogP contribution in [0.4, 0.5) is 11.4 Å². The maximum atomic E-state index is 13.4. The number of ether oxygens (including phenoxy) is 3. The fourth-order valence-corrected chi connectivity index (χ4v) is 3.69. The monoisotopic (exact) mass is 526 g/mol. The lowest BCUT2D eigenvalue weighted by atomic mass is 9.93. The second-order valence-corrected chi connectivity index (χ2v) is 9.04. The molecule has 0 fully saturated rings. The number of hydrogen-bond donors (Lipinski definition) is 0. The smallest absolute Gasteiger partial charge is 0.336 e. The first-order valence-corrected chi connectivity index (χ1v) is 11.9. The molecule has 1 heterocycles. The Kier molecular flexibility index (Phi) is 10.8. The van der Waals surface area contributed by atoms with Crippen molar-refractivity contribution in [2.75, 3.05) is 31.3 Å². The number of rotatable bonds is 12. The van der Waals surface area contributed by atoms with E-state index in [2.05, 4.69) is 10.0 Å². The molecule has 0 N–H and O–H groups in total. The summed E-state index contributed by atoms with van der Waals surface area (Å²) in [6.07, 6.45) is 0.233. The van der Waals surface area contributed by atoms with Gasteiger partial charge in [0.1, 0.15) is 12.2 Å². The van der Waals surface area contributed by atoms with Gasteiger partial charge in [0.2, 0.25) is 0 Å². The molecule has 0 unspecified atom stereocenters. The fourth-order valence-electron chi connectivity index (χ4n) is 3.69. The Hall–Kier alpha value is -4.40. The van der Waals surface area contributed by atoms with Crippen LogP contribution in [0.1, 0.15) is 47.0 Å². The van der Waals surface area contributed by atoms with Crippen molar-refractivity contribution in [3.05, 3.63) is 67.4 Å². The number of anilines is 1. The topological polar surface area (TPSA) is 181 Å². The van der Waals surface area contributed by atoms with Gasteiger partial charge in [-0.25, -0.2) is 9.59 Å². The molecule has 0 bridgehead atoms. The van der Waals surface area contributed by atoms with Crippen LogP contribution in [0, 0.1) is 21.4 Å². The van der Waals surface area contributed by atoms with Gasteiger partial charge in [-0.2, -0.15) is 5.26 Å². The maximum absolute atomic E-state index is 13.4. The Morgan fingerprint density at radius 2 is 1.84 bits per heavy atom. The standard InChI is InChI=1S/C25H30N6O7/c1-5-21-19(23(32)37-13-6-11-26)15-20(24(33)38-25(2,3)4)22(16-36-14-12-28-29-27)30(21)17-7-9-18(10-8-17)31(34)35/h7-10H,5-6,12-16H2,1-4H3. The highest BCUT2D eigenvalue weighted by atomic mass is 16.6. The second kappa shape index (κ2) is 13.8. The van der Waals surface area contributed by atoms with Gasteiger partial charge in [-0.15, -0.1) is 0 Å². The molecule has 0 aliphatic carbocycles. The number of nitriles is 1. The SMILES string of the molecule is CCC1=C(C(=O)OCCC#N)CC(C(=O)OC(C)(C)C)=C(COCCN=[N+]=[N-])N1c1ccc([N+](=O)[O-])cc1. The Balaban J connectivity index is 2.68. The van der Waals surface area contributed by atoms with E-state index in [4.69, 9.17) is 25.0 Å². The van der Waals surface area contributed by atoms with E-state index < -0.39 is 22.5 Å². The van der Waals surface area contributed by atoms with Crippen molar-refractivity contribution in [3.63, 3.8) is 0 Å². The van der Waals surface area contributed by atoms with Crippen molar-refractivity contribution < 1.29 is 28.7 Å². The molecule has 0 saturated heterocycles. The molecule has 38 heavy (non-hydrogen) atoms. The number of nitro groups is 1. The van der Waals surface area contributed by atoms with E-state index in [1.54, 1.807) is 25.7 Å². The lowest BCUT2D eigenvalue weighted by Gasteiger charge is -2.36. The van der Waals surface area contributed by atoms with Gasteiger partial charge in [0.05, 0.1) is 47.5 Å². The number of benzene rings is 1. The molecule has 0 aromatic heterocycles. The van der Waals surface area contributed by atoms with E-state index in [1.165, 1.54) is 24.3 Å². The van der Waals surface area contributed by atoms with Crippen LogP contribution in [-0.2, 0) is 23.8 Å². The summed E-state index contributed by atoms with van der Waals surface area (Å²) >= 11 is 0. The average Bonchev–Trinajstić information content (AvgIpc) is 2.86. The predicted molar refractivity (Wildman–Crippen MR) is 136 cm³/mol. The number of esters is 2. The molecule has 202 valence electrons. The molecular weight excluding hydrogens is 496 g/mol. The molecule has 1 aliphatic heterocycles. The molecule has 1 aromatic rings. The zero-order chi connectivity index (χ0) is 28.3. The summed E-state index contributed by atoms with van der Waals surface area (Å²) in [4.78, 5) is 41.5. The first kappa shape index (κ1) is 29.8. The Morgan fingerprint density at radius 1 is 1.18 bits per heavy atom. The van der Waals surface area contributed by atoms with Gasteiger partial charge in [-0.1, -0.05) is 12.0 Å². The molecule has 1 aromatic carbocycles. The highest BCUT2D eigenvalue weighted by Gasteiger charge is 2.36. The van der Waals surface area contributed by atoms with E-state index in [9.17, 15) is 19.7 Å². The van der Waals surface area contributed by atoms with E-state index in [-0.39, 0.29) is 56.0 Å². The molecule has 0 atom stereocenters. The van der Waals surface area contributed by atoms with Gasteiger partial charge < -0.3 is 19.1 Å². The van der Waals surface area contributed by atoms with Crippen LogP contribution in [0.15, 0.2) is 51.9 Å². The number of nitro benzene ring substituents is 1. The zero-order valence-corrected chi connectivity index (χ0v) is 21.8. The first-order chi connectivity index (χ1) is 18.0. The lowest BCUT2D eigenvalue weighted by Crippen LogP contribution is -2.36. The van der Waals surface area contributed by atoms with Crippen LogP contribution in [0.3, 0.4) is 0 Å². The highest BCUT2D eigenvalue weighted by Crippen LogP contribution is 2.38. The van der Waals surface area contributed by atoms with Crippen LogP contribution < -0.4 is 4.90 Å². The average molecular weight is 527 g/mol. The summed E-state index contributed by atoms with van der Waals surface area (Å²) in [5.74, 6) is -1.36. The van der Waals surface area contributed by atoms with Gasteiger partial charge in [0.25, 0.3) is 5.69 Å². The Bertz CT molecular complexity index is 1200. The summed E-state index contributed by atoms with van der Waals surface area (Å²) in [7, 11) is 0. The molecule has 1 aliphatic rings. The quantitative estimate of drug-likeness (QED) is 0.0699. The summed E-state index contributed by atoms with van der Waals surface area (Å²) in [6.45, 7) is 6.86. The van der Waals surface area contributed by atoms with Crippen molar-refractivity contribution in [3.8, 4) is 6.07 Å². The maximum Gasteiger partial charge on any atom is 0.336 e. The van der Waals surface area contributed by atoms with Gasteiger partial charge in [-0.05, 0) is 44.9 Å². The van der Waals surface area contributed by atoms with Crippen molar-refractivity contribution >= 4 is 23.3 Å². The second-order valence-electron chi connectivity index (χ2n) is 9.04. The normalized spacial score (nSPS) is 13.5. The summed E-state index contributed by atoms with van der Waals surface area (Å²) in [6, 6.07) is 7.55. The summed E-state index contributed by atoms with van der Waals surface area (Å²) in [5, 5.41) is 23.5. The molecule has 0 amide bonds. The fraction of sp³-hybridized carbons (Fsp3) is 0.480. The van der Waals surface area contributed by atoms with Crippen LogP contribution in [-0.4, -0.2) is 48.8 Å². The van der Waals surface area contributed by atoms with Gasteiger partial charge in [-0.3, -0.25) is 10.1 Å². The summed E-state index contributed by atoms with van der Waals surface area (Å²) in [5.41, 5.74) is 9.22. The van der Waals surface area contributed by atoms with E-state index in [1.807, 2.05) is 13.0 Å². The minimum Gasteiger partial charge on any atom is -0.461 e. The molecular formula is C25H30N6O7. The largest absolute Gasteiger partial charge is 0.461 e. The van der Waals surface area contributed by atoms with Gasteiger partial charge in [0, 0.05) is 41.4 Å². The first-order valence-electron chi connectivity index (χ1n) is 11.9. The third kappa shape index (κ3) is 8.06. The number of non-ortho nitro benzene ring substituents is 1. The zero-order valence-electron chi connectivity index (χ0n) is 21.8. The van der Waals surface area contributed by atoms with Crippen molar-refractivity contribution in [1.82, 2.24) is 0 Å². The highest BCUT2D eigenvalue weighted by molar-refractivity contribution is 5.99. The van der Waals surface area contributed by atoms with Crippen molar-refractivity contribution in [2.45, 2.75) is 52.6 Å². The van der Waals surface area contributed by atoms with Crippen LogP contribution in [0.25, 0.3) is 10.4 Å². The third-order valence-electron chi connectivity index (χ3n) is 5.22. The molecule has 0 radical (unpaired) electrons. The van der Waals surface area contributed by atoms with Crippen LogP contribution in [0.2, 0.25) is 0 Å². The summed E-state index contributed by atoms with van der Waals surface area (Å²) < 4.78 is 16.6. The molecule has 13 nitrogen and oxygen atoms in total. The predicted octanol–water partition coefficient (Wildman–Crippen LogP) is 4.85. The number of carbonyl (C=O) groups is 2. The Morgan fingerprint density at radius 3 is 2.39 bits per heavy atom. The van der Waals surface area contributed by atoms with Gasteiger partial charge in [0.15, 0.2) is 0 Å². The van der Waals surface area contributed by atoms with E-state index >= 15 is 0 Å².